The standard InChI is InChI=1S/C6H10N2O2/c1-3-4-8-5(7-2)6(9)10/h4H,3H2,1-2H3,(H,9,10). The molecule has 56 valence electrons. The van der Waals surface area contributed by atoms with E-state index in [1.807, 2.05) is 6.92 Å². The minimum absolute atomic E-state index is 0.151. The van der Waals surface area contributed by atoms with Crippen molar-refractivity contribution in [3.63, 3.8) is 0 Å². The largest absolute Gasteiger partial charge is 0.475 e. The van der Waals surface area contributed by atoms with E-state index in [0.29, 0.717) is 6.42 Å². The van der Waals surface area contributed by atoms with Crippen molar-refractivity contribution in [2.45, 2.75) is 13.3 Å². The van der Waals surface area contributed by atoms with Crippen molar-refractivity contribution < 1.29 is 9.90 Å². The lowest BCUT2D eigenvalue weighted by molar-refractivity contribution is -0.129. The van der Waals surface area contributed by atoms with Gasteiger partial charge >= 0.3 is 5.97 Å². The van der Waals surface area contributed by atoms with Gasteiger partial charge in [0.15, 0.2) is 0 Å². The molecule has 0 heterocycles. The number of amidine groups is 1. The van der Waals surface area contributed by atoms with Gasteiger partial charge in [-0.2, -0.15) is 0 Å². The molecule has 10 heavy (non-hydrogen) atoms. The number of aliphatic carboxylic acids is 1. The molecule has 0 unspecified atom stereocenters. The van der Waals surface area contributed by atoms with Crippen molar-refractivity contribution in [1.29, 1.82) is 0 Å². The normalized spacial score (nSPS) is 12.4. The van der Waals surface area contributed by atoms with Gasteiger partial charge in [-0.1, -0.05) is 6.92 Å². The van der Waals surface area contributed by atoms with E-state index in [1.54, 1.807) is 0 Å². The Morgan fingerprint density at radius 3 is 2.60 bits per heavy atom. The molecule has 0 aromatic heterocycles. The van der Waals surface area contributed by atoms with Crippen molar-refractivity contribution >= 4 is 18.0 Å². The summed E-state index contributed by atoms with van der Waals surface area (Å²) in [5, 5.41) is 8.36. The lowest BCUT2D eigenvalue weighted by atomic mass is 10.5. The molecular weight excluding hydrogens is 132 g/mol. The van der Waals surface area contributed by atoms with Crippen LogP contribution in [0.1, 0.15) is 13.3 Å². The van der Waals surface area contributed by atoms with Crippen LogP contribution < -0.4 is 0 Å². The predicted molar refractivity (Wildman–Crippen MR) is 39.8 cm³/mol. The van der Waals surface area contributed by atoms with E-state index in [1.165, 1.54) is 13.3 Å². The minimum Gasteiger partial charge on any atom is -0.475 e. The van der Waals surface area contributed by atoms with Gasteiger partial charge in [0, 0.05) is 13.3 Å². The Hall–Kier alpha value is -1.19. The molecule has 0 bridgehead atoms. The van der Waals surface area contributed by atoms with Crippen LogP contribution >= 0.6 is 0 Å². The molecule has 1 N–H and O–H groups in total. The first-order valence-corrected chi connectivity index (χ1v) is 2.95. The summed E-state index contributed by atoms with van der Waals surface area (Å²) in [5.74, 6) is -1.24. The third-order valence-corrected chi connectivity index (χ3v) is 0.799. The Balaban J connectivity index is 4.12. The molecule has 0 aliphatic carbocycles. The van der Waals surface area contributed by atoms with Gasteiger partial charge in [0.2, 0.25) is 5.84 Å². The van der Waals surface area contributed by atoms with Crippen LogP contribution in [0.5, 0.6) is 0 Å². The fourth-order valence-electron chi connectivity index (χ4n) is 0.386. The lowest BCUT2D eigenvalue weighted by Crippen LogP contribution is -2.09. The zero-order valence-corrected chi connectivity index (χ0v) is 6.03. The first-order chi connectivity index (χ1) is 4.72. The van der Waals surface area contributed by atoms with E-state index >= 15 is 0 Å². The van der Waals surface area contributed by atoms with Crippen molar-refractivity contribution in [2.75, 3.05) is 7.05 Å². The highest BCUT2D eigenvalue weighted by molar-refractivity contribution is 6.36. The summed E-state index contributed by atoms with van der Waals surface area (Å²) in [6.45, 7) is 1.87. The maximum atomic E-state index is 10.2. The average molecular weight is 142 g/mol. The Morgan fingerprint density at radius 1 is 1.70 bits per heavy atom. The van der Waals surface area contributed by atoms with Gasteiger partial charge in [-0.15, -0.1) is 0 Å². The van der Waals surface area contributed by atoms with Crippen LogP contribution in [0.2, 0.25) is 0 Å². The van der Waals surface area contributed by atoms with Crippen LogP contribution in [0.25, 0.3) is 0 Å². The number of carboxylic acids is 1. The quantitative estimate of drug-likeness (QED) is 0.430. The van der Waals surface area contributed by atoms with E-state index in [4.69, 9.17) is 5.11 Å². The summed E-state index contributed by atoms with van der Waals surface area (Å²) < 4.78 is 0. The second kappa shape index (κ2) is 4.67. The summed E-state index contributed by atoms with van der Waals surface area (Å²) >= 11 is 0. The summed E-state index contributed by atoms with van der Waals surface area (Å²) in [6, 6.07) is 0. The fraction of sp³-hybridized carbons (Fsp3) is 0.500. The first kappa shape index (κ1) is 8.81. The van der Waals surface area contributed by atoms with Crippen molar-refractivity contribution in [1.82, 2.24) is 0 Å². The minimum atomic E-state index is -1.09. The van der Waals surface area contributed by atoms with Gasteiger partial charge in [-0.05, 0) is 6.42 Å². The second-order valence-corrected chi connectivity index (χ2v) is 1.57. The van der Waals surface area contributed by atoms with E-state index in [-0.39, 0.29) is 5.84 Å². The van der Waals surface area contributed by atoms with Crippen LogP contribution in [-0.2, 0) is 4.79 Å². The number of carbonyl (C=O) groups is 1. The topological polar surface area (TPSA) is 62.0 Å². The zero-order valence-electron chi connectivity index (χ0n) is 6.03. The molecule has 0 fully saturated rings. The Kier molecular flexibility index (Phi) is 4.11. The summed E-state index contributed by atoms with van der Waals surface area (Å²) in [5.41, 5.74) is 0. The van der Waals surface area contributed by atoms with Crippen LogP contribution in [0.15, 0.2) is 9.98 Å². The number of rotatable bonds is 1. The molecule has 0 saturated heterocycles. The van der Waals surface area contributed by atoms with Gasteiger partial charge in [-0.3, -0.25) is 4.99 Å². The van der Waals surface area contributed by atoms with Gasteiger partial charge < -0.3 is 5.11 Å². The van der Waals surface area contributed by atoms with Crippen molar-refractivity contribution in [2.24, 2.45) is 9.98 Å². The van der Waals surface area contributed by atoms with Gasteiger partial charge in [0.1, 0.15) is 0 Å². The predicted octanol–water partition coefficient (Wildman–Crippen LogP) is 0.580. The van der Waals surface area contributed by atoms with E-state index in [2.05, 4.69) is 9.98 Å². The molecule has 0 aromatic rings. The van der Waals surface area contributed by atoms with Gasteiger partial charge in [0.05, 0.1) is 0 Å². The summed E-state index contributed by atoms with van der Waals surface area (Å²) in [6.07, 6.45) is 2.22. The number of nitrogens with zero attached hydrogens (tertiary/aromatic N) is 2. The van der Waals surface area contributed by atoms with Gasteiger partial charge in [0.25, 0.3) is 0 Å². The number of hydrogen-bond acceptors (Lipinski definition) is 2. The maximum Gasteiger partial charge on any atom is 0.373 e. The highest BCUT2D eigenvalue weighted by Gasteiger charge is 2.02. The van der Waals surface area contributed by atoms with Crippen LogP contribution in [-0.4, -0.2) is 30.2 Å². The first-order valence-electron chi connectivity index (χ1n) is 2.95. The molecule has 4 nitrogen and oxygen atoms in total. The lowest BCUT2D eigenvalue weighted by Gasteiger charge is -1.88. The fourth-order valence-corrected chi connectivity index (χ4v) is 0.386. The van der Waals surface area contributed by atoms with Crippen LogP contribution in [0.4, 0.5) is 0 Å². The Bertz CT molecular complexity index is 173. The Labute approximate surface area is 59.3 Å². The molecule has 0 rings (SSSR count). The van der Waals surface area contributed by atoms with Crippen molar-refractivity contribution in [3.05, 3.63) is 0 Å². The van der Waals surface area contributed by atoms with E-state index in [0.717, 1.165) is 0 Å². The molecule has 0 saturated carbocycles. The summed E-state index contributed by atoms with van der Waals surface area (Å²) in [7, 11) is 1.40. The highest BCUT2D eigenvalue weighted by Crippen LogP contribution is 1.80. The number of carboxylic acid groups (broad SMARTS) is 1. The van der Waals surface area contributed by atoms with Crippen LogP contribution in [0.3, 0.4) is 0 Å². The number of hydrogen-bond donors (Lipinski definition) is 1. The zero-order chi connectivity index (χ0) is 7.98. The average Bonchev–Trinajstić information content (AvgIpc) is 1.89. The Morgan fingerprint density at radius 2 is 2.30 bits per heavy atom. The SMILES string of the molecule is CCC=NC(=NC)C(=O)O. The molecule has 0 amide bonds. The maximum absolute atomic E-state index is 10.2. The monoisotopic (exact) mass is 142 g/mol. The molecule has 0 aliphatic rings. The van der Waals surface area contributed by atoms with E-state index in [9.17, 15) is 4.79 Å². The van der Waals surface area contributed by atoms with Crippen molar-refractivity contribution in [3.8, 4) is 0 Å². The molecule has 0 radical (unpaired) electrons. The molecule has 0 aromatic carbocycles. The van der Waals surface area contributed by atoms with Crippen LogP contribution in [0, 0.1) is 0 Å². The second-order valence-electron chi connectivity index (χ2n) is 1.57. The summed E-state index contributed by atoms with van der Waals surface area (Å²) in [4.78, 5) is 17.2. The molecule has 0 atom stereocenters. The number of aliphatic imine (C=N–C) groups is 2. The third kappa shape index (κ3) is 2.96. The molecule has 4 heteroatoms. The molecular formula is C6H10N2O2. The third-order valence-electron chi connectivity index (χ3n) is 0.799. The molecule has 0 aliphatic heterocycles. The van der Waals surface area contributed by atoms with Gasteiger partial charge in [-0.25, -0.2) is 9.79 Å². The molecule has 0 spiro atoms. The smallest absolute Gasteiger partial charge is 0.373 e. The highest BCUT2D eigenvalue weighted by atomic mass is 16.4. The van der Waals surface area contributed by atoms with E-state index < -0.39 is 5.97 Å².